The van der Waals surface area contributed by atoms with E-state index in [9.17, 15) is 4.79 Å². The first kappa shape index (κ1) is 20.2. The zero-order valence-corrected chi connectivity index (χ0v) is 18.4. The van der Waals surface area contributed by atoms with Crippen LogP contribution in [0.5, 0.6) is 0 Å². The number of anilines is 2. The molecule has 3 aromatic rings. The summed E-state index contributed by atoms with van der Waals surface area (Å²) in [5.41, 5.74) is 1.35. The van der Waals surface area contributed by atoms with Crippen molar-refractivity contribution in [2.24, 2.45) is 0 Å². The van der Waals surface area contributed by atoms with Crippen molar-refractivity contribution >= 4 is 40.7 Å². The highest BCUT2D eigenvalue weighted by Crippen LogP contribution is 2.35. The van der Waals surface area contributed by atoms with Gasteiger partial charge in [0, 0.05) is 49.2 Å². The average Bonchev–Trinajstić information content (AvgIpc) is 3.47. The molecule has 2 atom stereocenters. The summed E-state index contributed by atoms with van der Waals surface area (Å²) in [6, 6.07) is 9.34. The monoisotopic (exact) mass is 457 g/mol. The van der Waals surface area contributed by atoms with Crippen molar-refractivity contribution in [1.82, 2.24) is 30.0 Å². The topological polar surface area (TPSA) is 90.0 Å². The molecule has 4 heterocycles. The third-order valence-corrected chi connectivity index (χ3v) is 6.62. The molecule has 0 saturated carbocycles. The van der Waals surface area contributed by atoms with Gasteiger partial charge in [0.2, 0.25) is 0 Å². The van der Waals surface area contributed by atoms with Gasteiger partial charge in [-0.15, -0.1) is 0 Å². The second kappa shape index (κ2) is 8.11. The fraction of sp³-hybridized carbons (Fsp3) is 0.333. The van der Waals surface area contributed by atoms with Gasteiger partial charge < -0.3 is 10.2 Å². The van der Waals surface area contributed by atoms with Crippen LogP contribution in [0, 0.1) is 6.92 Å². The van der Waals surface area contributed by atoms with Crippen LogP contribution in [-0.2, 0) is 6.54 Å². The second-order valence-corrected chi connectivity index (χ2v) is 8.71. The molecule has 0 spiro atoms. The van der Waals surface area contributed by atoms with Crippen LogP contribution < -0.4 is 5.32 Å². The van der Waals surface area contributed by atoms with Gasteiger partial charge in [0.15, 0.2) is 5.82 Å². The lowest BCUT2D eigenvalue weighted by Crippen LogP contribution is -2.48. The molecule has 2 bridgehead atoms. The molecule has 2 fully saturated rings. The third kappa shape index (κ3) is 3.98. The summed E-state index contributed by atoms with van der Waals surface area (Å²) >= 11 is 12.4. The number of aromatic nitrogens is 4. The van der Waals surface area contributed by atoms with Crippen molar-refractivity contribution in [1.29, 1.82) is 0 Å². The lowest BCUT2D eigenvalue weighted by Gasteiger charge is -2.34. The molecular formula is C21H21Cl2N7O. The maximum Gasteiger partial charge on any atom is 0.255 e. The zero-order valence-electron chi connectivity index (χ0n) is 16.8. The van der Waals surface area contributed by atoms with Crippen molar-refractivity contribution < 1.29 is 4.79 Å². The Balaban J connectivity index is 1.27. The molecular weight excluding hydrogens is 437 g/mol. The van der Waals surface area contributed by atoms with E-state index in [1.54, 1.807) is 24.4 Å². The Labute approximate surface area is 189 Å². The minimum atomic E-state index is -0.0584. The molecule has 2 aromatic heterocycles. The summed E-state index contributed by atoms with van der Waals surface area (Å²) in [5, 5.41) is 10.8. The summed E-state index contributed by atoms with van der Waals surface area (Å²) < 4.78 is 0. The minimum absolute atomic E-state index is 0.0584. The molecule has 1 aromatic carbocycles. The predicted octanol–water partition coefficient (Wildman–Crippen LogP) is 3.66. The van der Waals surface area contributed by atoms with Crippen LogP contribution in [0.1, 0.15) is 28.3 Å². The van der Waals surface area contributed by atoms with Gasteiger partial charge in [-0.3, -0.25) is 14.8 Å². The molecule has 160 valence electrons. The van der Waals surface area contributed by atoms with Crippen LogP contribution in [0.4, 0.5) is 11.6 Å². The number of halogens is 2. The standard InChI is InChI=1S/C21H21Cl2N7O/c1-12-7-18(26-17-5-6-24-28-17)27-19(25-12)11-29-9-14-8-13(29)10-30(14)21(31)15-3-2-4-16(22)20(15)23/h2-7,13-14H,8-11H2,1H3,(H2,24,25,26,27,28)/t13-,14-/m0/s1. The van der Waals surface area contributed by atoms with Crippen LogP contribution in [0.25, 0.3) is 0 Å². The Morgan fingerprint density at radius 3 is 2.81 bits per heavy atom. The van der Waals surface area contributed by atoms with Crippen LogP contribution in [0.2, 0.25) is 10.0 Å². The average molecular weight is 458 g/mol. The number of amides is 1. The Morgan fingerprint density at radius 2 is 2.06 bits per heavy atom. The van der Waals surface area contributed by atoms with Crippen LogP contribution in [0.3, 0.4) is 0 Å². The molecule has 10 heteroatoms. The molecule has 2 saturated heterocycles. The number of aryl methyl sites for hydroxylation is 1. The van der Waals surface area contributed by atoms with E-state index in [2.05, 4.69) is 30.4 Å². The number of hydrogen-bond acceptors (Lipinski definition) is 6. The Hall–Kier alpha value is -2.68. The number of nitrogens with zero attached hydrogens (tertiary/aromatic N) is 5. The molecule has 0 radical (unpaired) electrons. The first-order chi connectivity index (χ1) is 15.0. The maximum absolute atomic E-state index is 13.0. The Kier molecular flexibility index (Phi) is 5.29. The van der Waals surface area contributed by atoms with Gasteiger partial charge in [0.25, 0.3) is 5.91 Å². The van der Waals surface area contributed by atoms with Gasteiger partial charge in [-0.05, 0) is 25.5 Å². The van der Waals surface area contributed by atoms with Gasteiger partial charge in [-0.1, -0.05) is 29.3 Å². The normalized spacial score (nSPS) is 20.4. The van der Waals surface area contributed by atoms with Gasteiger partial charge in [-0.25, -0.2) is 9.97 Å². The maximum atomic E-state index is 13.0. The van der Waals surface area contributed by atoms with Gasteiger partial charge >= 0.3 is 0 Å². The molecule has 5 rings (SSSR count). The molecule has 31 heavy (non-hydrogen) atoms. The first-order valence-corrected chi connectivity index (χ1v) is 10.8. The number of carbonyl (C=O) groups is 1. The molecule has 8 nitrogen and oxygen atoms in total. The zero-order chi connectivity index (χ0) is 21.5. The third-order valence-electron chi connectivity index (χ3n) is 5.80. The van der Waals surface area contributed by atoms with Crippen LogP contribution >= 0.6 is 23.2 Å². The number of benzene rings is 1. The predicted molar refractivity (Wildman–Crippen MR) is 119 cm³/mol. The smallest absolute Gasteiger partial charge is 0.255 e. The van der Waals surface area contributed by atoms with E-state index in [4.69, 9.17) is 23.2 Å². The molecule has 1 amide bonds. The quantitative estimate of drug-likeness (QED) is 0.607. The highest BCUT2D eigenvalue weighted by molar-refractivity contribution is 6.43. The van der Waals surface area contributed by atoms with Gasteiger partial charge in [-0.2, -0.15) is 5.10 Å². The fourth-order valence-electron chi connectivity index (χ4n) is 4.42. The van der Waals surface area contributed by atoms with Crippen LogP contribution in [-0.4, -0.2) is 61.0 Å². The number of hydrogen-bond donors (Lipinski definition) is 2. The summed E-state index contributed by atoms with van der Waals surface area (Å²) in [7, 11) is 0. The second-order valence-electron chi connectivity index (χ2n) is 7.93. The van der Waals surface area contributed by atoms with E-state index in [0.717, 1.165) is 24.5 Å². The van der Waals surface area contributed by atoms with E-state index in [1.165, 1.54) is 0 Å². The molecule has 0 aliphatic carbocycles. The van der Waals surface area contributed by atoms with Gasteiger partial charge in [0.1, 0.15) is 11.6 Å². The number of piperazine rings is 1. The van der Waals surface area contributed by atoms with E-state index >= 15 is 0 Å². The number of H-pyrrole nitrogens is 1. The molecule has 2 N–H and O–H groups in total. The van der Waals surface area contributed by atoms with E-state index in [-0.39, 0.29) is 18.0 Å². The van der Waals surface area contributed by atoms with E-state index in [0.29, 0.717) is 40.3 Å². The number of likely N-dealkylation sites (tertiary alicyclic amines) is 2. The summed E-state index contributed by atoms with van der Waals surface area (Å²) in [6.07, 6.45) is 2.69. The SMILES string of the molecule is Cc1cc(Nc2cc[nH]n2)nc(CN2C[C@@H]3C[C@H]2CN3C(=O)c2cccc(Cl)c2Cl)n1. The van der Waals surface area contributed by atoms with Gasteiger partial charge in [0.05, 0.1) is 22.2 Å². The van der Waals surface area contributed by atoms with E-state index in [1.807, 2.05) is 24.0 Å². The highest BCUT2D eigenvalue weighted by Gasteiger charge is 2.45. The minimum Gasteiger partial charge on any atom is -0.333 e. The Morgan fingerprint density at radius 1 is 1.19 bits per heavy atom. The number of fused-ring (bicyclic) bond motifs is 2. The fourth-order valence-corrected chi connectivity index (χ4v) is 4.80. The highest BCUT2D eigenvalue weighted by atomic mass is 35.5. The number of nitrogens with one attached hydrogen (secondary N) is 2. The number of carbonyl (C=O) groups excluding carboxylic acids is 1. The first-order valence-electron chi connectivity index (χ1n) is 10.1. The lowest BCUT2D eigenvalue weighted by molar-refractivity contribution is 0.0613. The van der Waals surface area contributed by atoms with Crippen molar-refractivity contribution in [3.8, 4) is 0 Å². The van der Waals surface area contributed by atoms with Crippen LogP contribution in [0.15, 0.2) is 36.5 Å². The van der Waals surface area contributed by atoms with Crippen molar-refractivity contribution in [3.05, 3.63) is 63.7 Å². The van der Waals surface area contributed by atoms with E-state index < -0.39 is 0 Å². The summed E-state index contributed by atoms with van der Waals surface area (Å²) in [6.45, 7) is 4.04. The summed E-state index contributed by atoms with van der Waals surface area (Å²) in [5.74, 6) is 2.11. The summed E-state index contributed by atoms with van der Waals surface area (Å²) in [4.78, 5) is 26.6. The molecule has 0 unspecified atom stereocenters. The van der Waals surface area contributed by atoms with Crippen molar-refractivity contribution in [3.63, 3.8) is 0 Å². The molecule has 2 aliphatic heterocycles. The Bertz CT molecular complexity index is 1120. The van der Waals surface area contributed by atoms with Crippen molar-refractivity contribution in [2.75, 3.05) is 18.4 Å². The number of aromatic amines is 1. The van der Waals surface area contributed by atoms with Crippen molar-refractivity contribution in [2.45, 2.75) is 32.0 Å². The lowest BCUT2D eigenvalue weighted by atomic mass is 10.1. The number of rotatable bonds is 5. The largest absolute Gasteiger partial charge is 0.333 e. The molecule has 2 aliphatic rings.